The molecule has 4 aromatic carbocycles. The molecule has 1 fully saturated rings. The minimum absolute atomic E-state index is 0.0714. The molecule has 1 aliphatic heterocycles. The number of carbonyl (C=O) groups excluding carboxylic acids is 1. The second kappa shape index (κ2) is 12.3. The first kappa shape index (κ1) is 31.6. The molecule has 0 spiro atoms. The van der Waals surface area contributed by atoms with E-state index >= 15 is 0 Å². The second-order valence-electron chi connectivity index (χ2n) is 11.7. The number of nitrogens with zero attached hydrogens (tertiary/aromatic N) is 5. The van der Waals surface area contributed by atoms with E-state index in [-0.39, 0.29) is 28.5 Å². The van der Waals surface area contributed by atoms with Crippen LogP contribution >= 0.6 is 11.6 Å². The molecule has 0 aliphatic carbocycles. The normalized spacial score (nSPS) is 13.9. The lowest BCUT2D eigenvalue weighted by molar-refractivity contribution is -0.189. The quantitative estimate of drug-likeness (QED) is 0.113. The molecule has 13 heteroatoms. The molecule has 0 radical (unpaired) electrons. The number of piperazine rings is 1. The minimum atomic E-state index is -5.28. The molecule has 1 saturated heterocycles. The summed E-state index contributed by atoms with van der Waals surface area (Å²) in [6.07, 6.45) is -3.77. The summed E-state index contributed by atoms with van der Waals surface area (Å²) in [7, 11) is 0. The van der Waals surface area contributed by atoms with Gasteiger partial charge in [-0.2, -0.15) is 18.3 Å². The Hall–Kier alpha value is -4.94. The number of halogens is 5. The number of aromatic nitrogens is 4. The van der Waals surface area contributed by atoms with Gasteiger partial charge >= 0.3 is 12.1 Å². The summed E-state index contributed by atoms with van der Waals surface area (Å²) in [5.41, 5.74) is 3.54. The van der Waals surface area contributed by atoms with E-state index in [1.807, 2.05) is 47.0 Å². The van der Waals surface area contributed by atoms with Gasteiger partial charge in [0.25, 0.3) is 0 Å². The zero-order valence-corrected chi connectivity index (χ0v) is 26.7. The number of rotatable bonds is 6. The molecule has 0 bridgehead atoms. The monoisotopic (exact) mass is 676 g/mol. The lowest BCUT2D eigenvalue weighted by atomic mass is 10.1. The van der Waals surface area contributed by atoms with Crippen molar-refractivity contribution in [2.45, 2.75) is 26.6 Å². The van der Waals surface area contributed by atoms with E-state index in [4.69, 9.17) is 21.3 Å². The fourth-order valence-electron chi connectivity index (χ4n) is 6.33. The van der Waals surface area contributed by atoms with Crippen molar-refractivity contribution < 1.29 is 27.1 Å². The summed E-state index contributed by atoms with van der Waals surface area (Å²) in [5, 5.41) is 9.41. The molecule has 3 heterocycles. The van der Waals surface area contributed by atoms with Crippen LogP contribution in [0.4, 0.5) is 23.5 Å². The van der Waals surface area contributed by atoms with Crippen LogP contribution in [0, 0.1) is 19.7 Å². The Labute approximate surface area is 277 Å². The van der Waals surface area contributed by atoms with Crippen molar-refractivity contribution >= 4 is 45.3 Å². The molecule has 1 N–H and O–H groups in total. The number of hydrogen-bond acceptors (Lipinski definition) is 6. The van der Waals surface area contributed by atoms with Gasteiger partial charge in [0.2, 0.25) is 5.95 Å². The highest BCUT2D eigenvalue weighted by Gasteiger charge is 2.42. The fourth-order valence-corrected chi connectivity index (χ4v) is 6.57. The van der Waals surface area contributed by atoms with Gasteiger partial charge in [0, 0.05) is 31.6 Å². The van der Waals surface area contributed by atoms with Gasteiger partial charge in [-0.15, -0.1) is 0 Å². The molecule has 246 valence electrons. The third kappa shape index (κ3) is 5.64. The Kier molecular flexibility index (Phi) is 8.08. The van der Waals surface area contributed by atoms with Crippen molar-refractivity contribution in [3.8, 4) is 22.7 Å². The summed E-state index contributed by atoms with van der Waals surface area (Å²) in [6.45, 7) is 6.24. The first-order chi connectivity index (χ1) is 23.0. The third-order valence-corrected chi connectivity index (χ3v) is 8.77. The van der Waals surface area contributed by atoms with Crippen LogP contribution in [0.25, 0.3) is 38.8 Å². The Balaban J connectivity index is 1.52. The molecule has 7 rings (SSSR count). The van der Waals surface area contributed by atoms with E-state index in [9.17, 15) is 22.4 Å². The van der Waals surface area contributed by atoms with E-state index in [0.29, 0.717) is 60.2 Å². The van der Waals surface area contributed by atoms with Crippen LogP contribution in [0.5, 0.6) is 5.75 Å². The van der Waals surface area contributed by atoms with E-state index in [2.05, 4.69) is 15.3 Å². The van der Waals surface area contributed by atoms with Gasteiger partial charge in [0.1, 0.15) is 11.3 Å². The molecular formula is C35H29ClF4N6O2. The highest BCUT2D eigenvalue weighted by molar-refractivity contribution is 6.34. The Morgan fingerprint density at radius 2 is 1.71 bits per heavy atom. The first-order valence-electron chi connectivity index (χ1n) is 15.3. The van der Waals surface area contributed by atoms with Gasteiger partial charge in [-0.05, 0) is 54.1 Å². The molecule has 8 nitrogen and oxygen atoms in total. The first-order valence-corrected chi connectivity index (χ1v) is 15.6. The summed E-state index contributed by atoms with van der Waals surface area (Å²) < 4.78 is 64.0. The van der Waals surface area contributed by atoms with Gasteiger partial charge in [0.15, 0.2) is 5.75 Å². The number of benzene rings is 4. The van der Waals surface area contributed by atoms with Crippen molar-refractivity contribution in [3.05, 3.63) is 100 Å². The van der Waals surface area contributed by atoms with E-state index in [1.54, 1.807) is 36.7 Å². The third-order valence-electron chi connectivity index (χ3n) is 8.49. The van der Waals surface area contributed by atoms with Crippen LogP contribution in [0.2, 0.25) is 5.02 Å². The number of ether oxygens (including phenoxy) is 1. The summed E-state index contributed by atoms with van der Waals surface area (Å²) in [6, 6.07) is 19.9. The van der Waals surface area contributed by atoms with Crippen LogP contribution in [-0.4, -0.2) is 57.7 Å². The van der Waals surface area contributed by atoms with E-state index in [0.717, 1.165) is 16.3 Å². The number of fused-ring (bicyclic) bond motifs is 2. The largest absolute Gasteiger partial charge is 0.491 e. The van der Waals surface area contributed by atoms with Crippen LogP contribution in [-0.2, 0) is 11.3 Å². The number of alkyl halides is 3. The molecule has 2 aromatic heterocycles. The molecule has 48 heavy (non-hydrogen) atoms. The van der Waals surface area contributed by atoms with Crippen LogP contribution < -0.4 is 15.0 Å². The number of carbonyl (C=O) groups is 1. The summed E-state index contributed by atoms with van der Waals surface area (Å²) in [5.74, 6) is -2.66. The van der Waals surface area contributed by atoms with Crippen LogP contribution in [0.3, 0.4) is 0 Å². The van der Waals surface area contributed by atoms with Gasteiger partial charge in [-0.1, -0.05) is 60.1 Å². The van der Waals surface area contributed by atoms with Gasteiger partial charge in [-0.3, -0.25) is 0 Å². The van der Waals surface area contributed by atoms with Crippen molar-refractivity contribution in [3.63, 3.8) is 0 Å². The fraction of sp³-hybridized carbons (Fsp3) is 0.229. The number of aryl methyl sites for hydroxylation is 2. The topological polar surface area (TPSA) is 77.2 Å². The molecule has 1 aliphatic rings. The van der Waals surface area contributed by atoms with E-state index < -0.39 is 17.9 Å². The number of hydrogen-bond donors (Lipinski definition) is 1. The van der Waals surface area contributed by atoms with Crippen molar-refractivity contribution in [1.29, 1.82) is 0 Å². The van der Waals surface area contributed by atoms with Crippen molar-refractivity contribution in [2.75, 3.05) is 31.1 Å². The average molecular weight is 677 g/mol. The number of imidazole rings is 1. The van der Waals surface area contributed by atoms with E-state index in [1.165, 1.54) is 12.3 Å². The lowest BCUT2D eigenvalue weighted by Crippen LogP contribution is -2.44. The highest BCUT2D eigenvalue weighted by Crippen LogP contribution is 2.45. The molecule has 0 amide bonds. The maximum Gasteiger partial charge on any atom is 0.491 e. The van der Waals surface area contributed by atoms with Gasteiger partial charge in [-0.25, -0.2) is 18.9 Å². The van der Waals surface area contributed by atoms with Crippen LogP contribution in [0.1, 0.15) is 16.7 Å². The second-order valence-corrected chi connectivity index (χ2v) is 12.1. The smallest absolute Gasteiger partial charge is 0.417 e. The van der Waals surface area contributed by atoms with Crippen molar-refractivity contribution in [1.82, 2.24) is 24.6 Å². The summed E-state index contributed by atoms with van der Waals surface area (Å²) >= 11 is 6.77. The van der Waals surface area contributed by atoms with Gasteiger partial charge in [0.05, 0.1) is 40.2 Å². The highest BCUT2D eigenvalue weighted by atomic mass is 35.5. The Morgan fingerprint density at radius 1 is 1.00 bits per heavy atom. The summed E-state index contributed by atoms with van der Waals surface area (Å²) in [4.78, 5) is 19.4. The van der Waals surface area contributed by atoms with Gasteiger partial charge < -0.3 is 19.5 Å². The molecule has 0 unspecified atom stereocenters. The molecule has 0 atom stereocenters. The maximum atomic E-state index is 14.6. The molecular weight excluding hydrogens is 648 g/mol. The zero-order chi connectivity index (χ0) is 33.7. The van der Waals surface area contributed by atoms with Crippen molar-refractivity contribution in [2.24, 2.45) is 0 Å². The molecule has 6 aromatic rings. The minimum Gasteiger partial charge on any atom is -0.417 e. The maximum absolute atomic E-state index is 14.6. The number of nitrogens with one attached hydrogen (secondary N) is 1. The SMILES string of the molecule is Cc1cc(Cn2c(N3CCNCC3)nc3c(-c4ccnn4-c4cccc5ccccc45)c(OC(=O)C(F)(F)F)c(Cl)cc32)cc(C)c1F. The van der Waals surface area contributed by atoms with Crippen LogP contribution in [0.15, 0.2) is 72.9 Å². The molecule has 0 saturated carbocycles. The average Bonchev–Trinajstić information content (AvgIpc) is 3.68. The Bertz CT molecular complexity index is 2180. The standard InChI is InChI=1S/C35H29ClF4N6O2/c1-20-16-22(17-21(2)30(20)37)19-45-28-18-25(36)32(48-33(47)35(38,39)40)29(31(28)43-34(45)44-14-12-41-13-15-44)27-10-11-42-46(27)26-9-5-7-23-6-3-4-8-24(23)26/h3-11,16-18,41H,12-15,19H2,1-2H3. The zero-order valence-electron chi connectivity index (χ0n) is 25.9. The number of esters is 1. The lowest BCUT2D eigenvalue weighted by Gasteiger charge is -2.29. The predicted molar refractivity (Wildman–Crippen MR) is 177 cm³/mol. The predicted octanol–water partition coefficient (Wildman–Crippen LogP) is 7.38. The Morgan fingerprint density at radius 3 is 2.44 bits per heavy atom. The number of anilines is 1.